The molecular formula is C27H25FN2O3S. The molecule has 0 bridgehead atoms. The van der Waals surface area contributed by atoms with Gasteiger partial charge in [0.1, 0.15) is 18.2 Å². The minimum atomic E-state index is -0.285. The SMILES string of the molecule is CCOCCN1C(=O)/C(=C/c2ccc(OCc3cccc(F)c3)cc2)SC1=Nc1ccccc1. The number of benzene rings is 3. The lowest BCUT2D eigenvalue weighted by molar-refractivity contribution is -0.122. The molecule has 174 valence electrons. The third-order valence-electron chi connectivity index (χ3n) is 5.00. The Morgan fingerprint density at radius 1 is 1.03 bits per heavy atom. The predicted molar refractivity (Wildman–Crippen MR) is 134 cm³/mol. The van der Waals surface area contributed by atoms with Gasteiger partial charge in [0, 0.05) is 6.61 Å². The first-order valence-electron chi connectivity index (χ1n) is 11.0. The van der Waals surface area contributed by atoms with Crippen molar-refractivity contribution in [3.8, 4) is 5.75 Å². The summed E-state index contributed by atoms with van der Waals surface area (Å²) < 4.78 is 24.5. The Hall–Kier alpha value is -3.42. The van der Waals surface area contributed by atoms with Gasteiger partial charge in [0.15, 0.2) is 5.17 Å². The summed E-state index contributed by atoms with van der Waals surface area (Å²) in [5, 5.41) is 0.636. The molecule has 1 aliphatic rings. The fourth-order valence-electron chi connectivity index (χ4n) is 3.31. The molecule has 0 spiro atoms. The summed E-state index contributed by atoms with van der Waals surface area (Å²) in [6.07, 6.45) is 1.85. The smallest absolute Gasteiger partial charge is 0.266 e. The molecule has 1 fully saturated rings. The van der Waals surface area contributed by atoms with Gasteiger partial charge in [0.25, 0.3) is 5.91 Å². The van der Waals surface area contributed by atoms with Crippen LogP contribution >= 0.6 is 11.8 Å². The van der Waals surface area contributed by atoms with Crippen molar-refractivity contribution in [2.24, 2.45) is 4.99 Å². The van der Waals surface area contributed by atoms with Gasteiger partial charge < -0.3 is 9.47 Å². The topological polar surface area (TPSA) is 51.1 Å². The molecule has 1 heterocycles. The van der Waals surface area contributed by atoms with Gasteiger partial charge in [0.2, 0.25) is 0 Å². The Labute approximate surface area is 202 Å². The van der Waals surface area contributed by atoms with E-state index in [1.165, 1.54) is 23.9 Å². The summed E-state index contributed by atoms with van der Waals surface area (Å²) in [5.41, 5.74) is 2.43. The molecule has 0 aromatic heterocycles. The number of ether oxygens (including phenoxy) is 2. The van der Waals surface area contributed by atoms with Crippen LogP contribution < -0.4 is 4.74 Å². The standard InChI is InChI=1S/C27H25FN2O3S/c1-2-32-16-15-30-26(31)25(34-27(30)29-23-9-4-3-5-10-23)18-20-11-13-24(14-12-20)33-19-21-7-6-8-22(28)17-21/h3-14,17-18H,2,15-16,19H2,1H3/b25-18-,29-27?. The summed E-state index contributed by atoms with van der Waals surface area (Å²) >= 11 is 1.35. The molecule has 1 aliphatic heterocycles. The molecule has 7 heteroatoms. The first-order valence-corrected chi connectivity index (χ1v) is 11.8. The largest absolute Gasteiger partial charge is 0.489 e. The summed E-state index contributed by atoms with van der Waals surface area (Å²) in [5.74, 6) is 0.291. The summed E-state index contributed by atoms with van der Waals surface area (Å²) in [6, 6.07) is 23.4. The highest BCUT2D eigenvalue weighted by Gasteiger charge is 2.33. The Kier molecular flexibility index (Phi) is 8.12. The average molecular weight is 477 g/mol. The maximum atomic E-state index is 13.3. The van der Waals surface area contributed by atoms with E-state index in [0.717, 1.165) is 16.8 Å². The van der Waals surface area contributed by atoms with E-state index in [4.69, 9.17) is 9.47 Å². The van der Waals surface area contributed by atoms with Crippen molar-refractivity contribution in [3.05, 3.63) is 101 Å². The molecule has 0 unspecified atom stereocenters. The molecule has 34 heavy (non-hydrogen) atoms. The number of rotatable bonds is 9. The number of nitrogens with zero attached hydrogens (tertiary/aromatic N) is 2. The number of thioether (sulfide) groups is 1. The van der Waals surface area contributed by atoms with Crippen LogP contribution in [0, 0.1) is 5.82 Å². The number of hydrogen-bond donors (Lipinski definition) is 0. The van der Waals surface area contributed by atoms with Crippen LogP contribution in [0.25, 0.3) is 6.08 Å². The summed E-state index contributed by atoms with van der Waals surface area (Å²) in [6.45, 7) is 3.68. The molecule has 0 N–H and O–H groups in total. The highest BCUT2D eigenvalue weighted by Crippen LogP contribution is 2.34. The molecule has 0 radical (unpaired) electrons. The van der Waals surface area contributed by atoms with Crippen LogP contribution in [0.1, 0.15) is 18.1 Å². The van der Waals surface area contributed by atoms with Crippen molar-refractivity contribution >= 4 is 34.6 Å². The van der Waals surface area contributed by atoms with Gasteiger partial charge in [-0.15, -0.1) is 0 Å². The van der Waals surface area contributed by atoms with Crippen molar-refractivity contribution in [1.29, 1.82) is 0 Å². The third-order valence-corrected chi connectivity index (χ3v) is 6.01. The molecule has 1 amide bonds. The quantitative estimate of drug-likeness (QED) is 0.279. The predicted octanol–water partition coefficient (Wildman–Crippen LogP) is 6.05. The zero-order valence-electron chi connectivity index (χ0n) is 18.8. The Morgan fingerprint density at radius 2 is 1.82 bits per heavy atom. The van der Waals surface area contributed by atoms with Gasteiger partial charge in [-0.1, -0.05) is 42.5 Å². The number of carbonyl (C=O) groups is 1. The average Bonchev–Trinajstić information content (AvgIpc) is 3.13. The van der Waals surface area contributed by atoms with E-state index in [0.29, 0.717) is 35.6 Å². The molecule has 1 saturated heterocycles. The number of hydrogen-bond acceptors (Lipinski definition) is 5. The molecule has 4 rings (SSSR count). The molecule has 0 aliphatic carbocycles. The first-order chi connectivity index (χ1) is 16.6. The Bertz CT molecular complexity index is 1180. The van der Waals surface area contributed by atoms with Gasteiger partial charge in [-0.3, -0.25) is 9.69 Å². The van der Waals surface area contributed by atoms with Gasteiger partial charge in [-0.2, -0.15) is 0 Å². The summed E-state index contributed by atoms with van der Waals surface area (Å²) in [7, 11) is 0. The van der Waals surface area contributed by atoms with Gasteiger partial charge in [-0.25, -0.2) is 9.38 Å². The van der Waals surface area contributed by atoms with Crippen molar-refractivity contribution in [2.75, 3.05) is 19.8 Å². The van der Waals surface area contributed by atoms with Crippen LogP contribution in [0.3, 0.4) is 0 Å². The monoisotopic (exact) mass is 476 g/mol. The van der Waals surface area contributed by atoms with E-state index < -0.39 is 0 Å². The normalized spacial score (nSPS) is 15.9. The zero-order chi connectivity index (χ0) is 23.8. The maximum absolute atomic E-state index is 13.3. The second-order valence-electron chi connectivity index (χ2n) is 7.48. The number of halogens is 1. The van der Waals surface area contributed by atoms with Gasteiger partial charge >= 0.3 is 0 Å². The number of para-hydroxylation sites is 1. The number of aliphatic imine (C=N–C) groups is 1. The minimum absolute atomic E-state index is 0.0918. The first kappa shape index (κ1) is 23.7. The highest BCUT2D eigenvalue weighted by atomic mass is 32.2. The van der Waals surface area contributed by atoms with Crippen molar-refractivity contribution in [2.45, 2.75) is 13.5 Å². The van der Waals surface area contributed by atoms with Crippen LogP contribution in [-0.2, 0) is 16.1 Å². The summed E-state index contributed by atoms with van der Waals surface area (Å²) in [4.78, 5) is 20.0. The second kappa shape index (κ2) is 11.6. The molecule has 3 aromatic carbocycles. The molecular weight excluding hydrogens is 451 g/mol. The zero-order valence-corrected chi connectivity index (χ0v) is 19.6. The van der Waals surface area contributed by atoms with E-state index in [1.54, 1.807) is 11.0 Å². The second-order valence-corrected chi connectivity index (χ2v) is 8.49. The van der Waals surface area contributed by atoms with E-state index in [2.05, 4.69) is 4.99 Å². The fourth-order valence-corrected chi connectivity index (χ4v) is 4.33. The Balaban J connectivity index is 1.47. The minimum Gasteiger partial charge on any atom is -0.489 e. The van der Waals surface area contributed by atoms with E-state index in [1.807, 2.05) is 73.7 Å². The van der Waals surface area contributed by atoms with Gasteiger partial charge in [-0.05, 0) is 72.3 Å². The van der Waals surface area contributed by atoms with Crippen molar-refractivity contribution in [3.63, 3.8) is 0 Å². The molecule has 3 aromatic rings. The molecule has 0 atom stereocenters. The van der Waals surface area contributed by atoms with Crippen molar-refractivity contribution in [1.82, 2.24) is 4.90 Å². The van der Waals surface area contributed by atoms with E-state index in [-0.39, 0.29) is 18.3 Å². The number of carbonyl (C=O) groups excluding carboxylic acids is 1. The lowest BCUT2D eigenvalue weighted by atomic mass is 10.2. The molecule has 0 saturated carbocycles. The van der Waals surface area contributed by atoms with Crippen molar-refractivity contribution < 1.29 is 18.7 Å². The van der Waals surface area contributed by atoms with Crippen LogP contribution in [0.15, 0.2) is 88.8 Å². The lowest BCUT2D eigenvalue weighted by Gasteiger charge is -2.15. The number of amides is 1. The maximum Gasteiger partial charge on any atom is 0.266 e. The molecule has 5 nitrogen and oxygen atoms in total. The van der Waals surface area contributed by atoms with Crippen LogP contribution in [-0.4, -0.2) is 35.7 Å². The lowest BCUT2D eigenvalue weighted by Crippen LogP contribution is -2.32. The van der Waals surface area contributed by atoms with Crippen LogP contribution in [0.4, 0.5) is 10.1 Å². The van der Waals surface area contributed by atoms with Gasteiger partial charge in [0.05, 0.1) is 23.7 Å². The van der Waals surface area contributed by atoms with Crippen LogP contribution in [0.2, 0.25) is 0 Å². The van der Waals surface area contributed by atoms with E-state index in [9.17, 15) is 9.18 Å². The third kappa shape index (κ3) is 6.34. The number of amidine groups is 1. The highest BCUT2D eigenvalue weighted by molar-refractivity contribution is 8.18. The Morgan fingerprint density at radius 3 is 2.56 bits per heavy atom. The van der Waals surface area contributed by atoms with E-state index >= 15 is 0 Å². The van der Waals surface area contributed by atoms with Crippen LogP contribution in [0.5, 0.6) is 5.75 Å². The fraction of sp³-hybridized carbons (Fsp3) is 0.185.